The van der Waals surface area contributed by atoms with Crippen LogP contribution in [0.4, 0.5) is 0 Å². The predicted molar refractivity (Wildman–Crippen MR) is 39.0 cm³/mol. The highest BCUT2D eigenvalue weighted by atomic mass is 32.2. The molecular weight excluding hydrogens is 148 g/mol. The Labute approximate surface area is 57.5 Å². The molecule has 0 aromatic heterocycles. The zero-order chi connectivity index (χ0) is 5.28. The fourth-order valence-corrected chi connectivity index (χ4v) is 1.28. The smallest absolute Gasteiger partial charge is 0.115 e. The van der Waals surface area contributed by atoms with Crippen molar-refractivity contribution in [2.24, 2.45) is 0 Å². The summed E-state index contributed by atoms with van der Waals surface area (Å²) in [6, 6.07) is 0. The summed E-state index contributed by atoms with van der Waals surface area (Å²) >= 11 is 10.2. The maximum atomic E-state index is 4.81. The van der Waals surface area contributed by atoms with Crippen molar-refractivity contribution in [2.75, 3.05) is 6.54 Å². The van der Waals surface area contributed by atoms with Crippen molar-refractivity contribution in [1.82, 2.24) is 8.43 Å². The third-order valence-corrected chi connectivity index (χ3v) is 2.32. The van der Waals surface area contributed by atoms with E-state index < -0.39 is 0 Å². The van der Waals surface area contributed by atoms with Crippen molar-refractivity contribution in [3.63, 3.8) is 0 Å². The summed E-state index contributed by atoms with van der Waals surface area (Å²) in [5.41, 5.74) is 0. The average molecular weight is 152 g/mol. The molecule has 2 nitrogen and oxygen atoms in total. The second kappa shape index (κ2) is 2.21. The van der Waals surface area contributed by atoms with Crippen LogP contribution >= 0.6 is 37.2 Å². The van der Waals surface area contributed by atoms with Crippen LogP contribution in [0.2, 0.25) is 0 Å². The van der Waals surface area contributed by atoms with Crippen LogP contribution in [0.15, 0.2) is 0 Å². The molecule has 7 heavy (non-hydrogen) atoms. The lowest BCUT2D eigenvalue weighted by Crippen LogP contribution is -2.07. The molecule has 0 aliphatic carbocycles. The molecule has 1 heterocycles. The fraction of sp³-hybridized carbons (Fsp3) is 0.500. The van der Waals surface area contributed by atoms with Crippen molar-refractivity contribution in [1.29, 1.82) is 0 Å². The lowest BCUT2D eigenvalue weighted by Gasteiger charge is -2.00. The Morgan fingerprint density at radius 1 is 2.00 bits per heavy atom. The molecule has 0 aromatic carbocycles. The average Bonchev–Trinajstić information content (AvgIpc) is 1.91. The summed E-state index contributed by atoms with van der Waals surface area (Å²) in [5, 5.41) is 0. The van der Waals surface area contributed by atoms with E-state index >= 15 is 0 Å². The van der Waals surface area contributed by atoms with E-state index in [1.165, 1.54) is 12.1 Å². The largest absolute Gasteiger partial charge is 0.240 e. The van der Waals surface area contributed by atoms with Crippen molar-refractivity contribution in [2.45, 2.75) is 0 Å². The summed E-state index contributed by atoms with van der Waals surface area (Å²) in [6.07, 6.45) is 0. The zero-order valence-corrected chi connectivity index (χ0v) is 5.95. The number of thiol groups is 1. The topological polar surface area (TPSA) is 15.3 Å². The van der Waals surface area contributed by atoms with Crippen LogP contribution in [0, 0.1) is 0 Å². The van der Waals surface area contributed by atoms with E-state index in [-0.39, 0.29) is 0 Å². The van der Waals surface area contributed by atoms with Gasteiger partial charge in [-0.2, -0.15) is 0 Å². The third kappa shape index (κ3) is 1.22. The maximum absolute atomic E-state index is 4.81. The number of rotatable bonds is 0. The standard InChI is InChI=1S/C2H4N2S3/c5-2-1-3-7-4(2)6/h3,6H,1H2. The summed E-state index contributed by atoms with van der Waals surface area (Å²) in [6.45, 7) is 0.767. The van der Waals surface area contributed by atoms with Gasteiger partial charge in [-0.25, -0.2) is 8.43 Å². The number of hydrogen-bond donors (Lipinski definition) is 2. The number of thiocarbonyl (C=S) groups is 1. The van der Waals surface area contributed by atoms with Gasteiger partial charge < -0.3 is 0 Å². The summed E-state index contributed by atoms with van der Waals surface area (Å²) < 4.78 is 4.58. The SMILES string of the molecule is S=C1CNSN1S. The van der Waals surface area contributed by atoms with E-state index in [0.717, 1.165) is 11.5 Å². The highest BCUT2D eigenvalue weighted by Crippen LogP contribution is 2.15. The molecule has 0 bridgehead atoms. The first-order valence-corrected chi connectivity index (χ1v) is 3.30. The molecule has 0 saturated carbocycles. The summed E-state index contributed by atoms with van der Waals surface area (Å²) in [7, 11) is 0. The van der Waals surface area contributed by atoms with Crippen LogP contribution in [-0.4, -0.2) is 15.2 Å². The summed E-state index contributed by atoms with van der Waals surface area (Å²) in [5.74, 6) is 0. The Morgan fingerprint density at radius 3 is 2.86 bits per heavy atom. The predicted octanol–water partition coefficient (Wildman–Crippen LogP) is 0.627. The van der Waals surface area contributed by atoms with Crippen molar-refractivity contribution in [3.8, 4) is 0 Å². The molecule has 1 saturated heterocycles. The second-order valence-electron chi connectivity index (χ2n) is 1.08. The molecular formula is C2H4N2S3. The van der Waals surface area contributed by atoms with Crippen molar-refractivity contribution in [3.05, 3.63) is 0 Å². The molecule has 1 fully saturated rings. The number of nitrogens with zero attached hydrogens (tertiary/aromatic N) is 1. The van der Waals surface area contributed by atoms with Crippen molar-refractivity contribution >= 4 is 42.2 Å². The van der Waals surface area contributed by atoms with Crippen LogP contribution in [0.5, 0.6) is 0 Å². The molecule has 0 aromatic rings. The lowest BCUT2D eigenvalue weighted by atomic mass is 10.7. The lowest BCUT2D eigenvalue weighted by molar-refractivity contribution is 1.18. The van der Waals surface area contributed by atoms with E-state index in [9.17, 15) is 0 Å². The van der Waals surface area contributed by atoms with Crippen LogP contribution < -0.4 is 4.72 Å². The molecule has 0 amide bonds. The fourth-order valence-electron chi connectivity index (χ4n) is 0.274. The zero-order valence-electron chi connectivity index (χ0n) is 3.42. The Kier molecular flexibility index (Phi) is 1.80. The Balaban J connectivity index is 2.48. The van der Waals surface area contributed by atoms with Gasteiger partial charge in [0.25, 0.3) is 0 Å². The highest BCUT2D eigenvalue weighted by molar-refractivity contribution is 8.06. The molecule has 40 valence electrons. The van der Waals surface area contributed by atoms with E-state index in [0.29, 0.717) is 0 Å². The van der Waals surface area contributed by atoms with E-state index in [2.05, 4.69) is 17.5 Å². The molecule has 0 unspecified atom stereocenters. The second-order valence-corrected chi connectivity index (χ2v) is 3.06. The Hall–Kier alpha value is 0.550. The van der Waals surface area contributed by atoms with Gasteiger partial charge in [0.05, 0.1) is 6.54 Å². The van der Waals surface area contributed by atoms with Gasteiger partial charge in [0.15, 0.2) is 0 Å². The minimum atomic E-state index is 0.767. The Bertz CT molecular complexity index is 92.9. The summed E-state index contributed by atoms with van der Waals surface area (Å²) in [4.78, 5) is 0.841. The van der Waals surface area contributed by atoms with E-state index in [1.54, 1.807) is 3.71 Å². The minimum absolute atomic E-state index is 0.767. The highest BCUT2D eigenvalue weighted by Gasteiger charge is 2.12. The van der Waals surface area contributed by atoms with Crippen LogP contribution in [0.1, 0.15) is 0 Å². The van der Waals surface area contributed by atoms with E-state index in [4.69, 9.17) is 12.2 Å². The van der Waals surface area contributed by atoms with Gasteiger partial charge in [0.2, 0.25) is 0 Å². The number of nitrogens with one attached hydrogen (secondary N) is 1. The van der Waals surface area contributed by atoms with Gasteiger partial charge in [-0.15, -0.1) is 0 Å². The first-order chi connectivity index (χ1) is 3.30. The number of hydrogen-bond acceptors (Lipinski definition) is 4. The molecule has 0 radical (unpaired) electrons. The van der Waals surface area contributed by atoms with Crippen LogP contribution in [-0.2, 0) is 0 Å². The Morgan fingerprint density at radius 2 is 2.71 bits per heavy atom. The van der Waals surface area contributed by atoms with Gasteiger partial charge in [0.1, 0.15) is 4.99 Å². The molecule has 1 rings (SSSR count). The molecule has 1 aliphatic rings. The van der Waals surface area contributed by atoms with Gasteiger partial charge in [-0.3, -0.25) is 0 Å². The minimum Gasteiger partial charge on any atom is -0.240 e. The first-order valence-electron chi connectivity index (χ1n) is 1.72. The van der Waals surface area contributed by atoms with E-state index in [1.807, 2.05) is 0 Å². The van der Waals surface area contributed by atoms with Gasteiger partial charge >= 0.3 is 0 Å². The van der Waals surface area contributed by atoms with Gasteiger partial charge in [0, 0.05) is 12.1 Å². The molecule has 1 aliphatic heterocycles. The van der Waals surface area contributed by atoms with Crippen molar-refractivity contribution < 1.29 is 0 Å². The quantitative estimate of drug-likeness (QED) is 0.300. The van der Waals surface area contributed by atoms with Crippen LogP contribution in [0.3, 0.4) is 0 Å². The van der Waals surface area contributed by atoms with Gasteiger partial charge in [-0.05, 0) is 0 Å². The maximum Gasteiger partial charge on any atom is 0.115 e. The molecule has 5 heteroatoms. The molecule has 1 N–H and O–H groups in total. The molecule has 0 atom stereocenters. The monoisotopic (exact) mass is 152 g/mol. The first kappa shape index (κ1) is 5.68. The normalized spacial score (nSPS) is 21.3. The van der Waals surface area contributed by atoms with Gasteiger partial charge in [-0.1, -0.05) is 25.0 Å². The third-order valence-electron chi connectivity index (χ3n) is 0.588. The van der Waals surface area contributed by atoms with Crippen LogP contribution in [0.25, 0.3) is 0 Å². The molecule has 0 spiro atoms.